The fraction of sp³-hybridized carbons (Fsp3) is 0.571. The molecule has 0 aliphatic carbocycles. The van der Waals surface area contributed by atoms with Gasteiger partial charge in [0.1, 0.15) is 17.0 Å². The average Bonchev–Trinajstić information content (AvgIpc) is 2.74. The summed E-state index contributed by atoms with van der Waals surface area (Å²) in [6, 6.07) is 0.568. The minimum absolute atomic E-state index is 0.568. The molecule has 1 atom stereocenters. The van der Waals surface area contributed by atoms with Crippen LogP contribution >= 0.6 is 11.3 Å². The molecule has 1 unspecified atom stereocenters. The highest BCUT2D eigenvalue weighted by molar-refractivity contribution is 7.18. The molecule has 5 heteroatoms. The van der Waals surface area contributed by atoms with E-state index >= 15 is 0 Å². The van der Waals surface area contributed by atoms with Gasteiger partial charge in [0.05, 0.1) is 5.39 Å². The summed E-state index contributed by atoms with van der Waals surface area (Å²) >= 11 is 1.75. The largest absolute Gasteiger partial charge is 0.368 e. The average molecular weight is 276 g/mol. The van der Waals surface area contributed by atoms with E-state index in [1.807, 2.05) is 0 Å². The summed E-state index contributed by atoms with van der Waals surface area (Å²) < 4.78 is 0. The van der Waals surface area contributed by atoms with Gasteiger partial charge >= 0.3 is 0 Å². The maximum Gasteiger partial charge on any atom is 0.138 e. The maximum absolute atomic E-state index is 4.42. The van der Waals surface area contributed by atoms with Gasteiger partial charge in [0.15, 0.2) is 0 Å². The Morgan fingerprint density at radius 2 is 2.26 bits per heavy atom. The second kappa shape index (κ2) is 5.43. The van der Waals surface area contributed by atoms with E-state index in [9.17, 15) is 0 Å². The predicted octanol–water partition coefficient (Wildman–Crippen LogP) is 2.86. The molecular weight excluding hydrogens is 256 g/mol. The van der Waals surface area contributed by atoms with Crippen molar-refractivity contribution in [2.75, 3.05) is 18.4 Å². The Morgan fingerprint density at radius 1 is 1.37 bits per heavy atom. The zero-order valence-corrected chi connectivity index (χ0v) is 12.3. The normalized spacial score (nSPS) is 19.8. The first-order valence-corrected chi connectivity index (χ1v) is 7.75. The molecule has 3 rings (SSSR count). The molecule has 1 saturated heterocycles. The second-order valence-electron chi connectivity index (χ2n) is 5.21. The topological polar surface area (TPSA) is 49.8 Å². The van der Waals surface area contributed by atoms with E-state index < -0.39 is 0 Å². The number of nitrogens with zero attached hydrogens (tertiary/aromatic N) is 2. The van der Waals surface area contributed by atoms with Crippen molar-refractivity contribution in [3.05, 3.63) is 16.8 Å². The zero-order valence-electron chi connectivity index (χ0n) is 11.5. The Balaban J connectivity index is 1.80. The van der Waals surface area contributed by atoms with Crippen molar-refractivity contribution < 1.29 is 0 Å². The van der Waals surface area contributed by atoms with Crippen LogP contribution in [0.4, 0.5) is 5.82 Å². The van der Waals surface area contributed by atoms with E-state index in [4.69, 9.17) is 0 Å². The van der Waals surface area contributed by atoms with Crippen molar-refractivity contribution in [3.8, 4) is 0 Å². The van der Waals surface area contributed by atoms with E-state index in [0.717, 1.165) is 23.7 Å². The number of hydrogen-bond acceptors (Lipinski definition) is 5. The van der Waals surface area contributed by atoms with Crippen LogP contribution < -0.4 is 10.6 Å². The van der Waals surface area contributed by atoms with Crippen LogP contribution in [0.15, 0.2) is 6.33 Å². The van der Waals surface area contributed by atoms with Gasteiger partial charge in [-0.2, -0.15) is 0 Å². The van der Waals surface area contributed by atoms with Crippen molar-refractivity contribution >= 4 is 27.4 Å². The third-order valence-electron chi connectivity index (χ3n) is 3.89. The van der Waals surface area contributed by atoms with Crippen molar-refractivity contribution in [2.45, 2.75) is 39.2 Å². The van der Waals surface area contributed by atoms with Gasteiger partial charge in [0.2, 0.25) is 0 Å². The summed E-state index contributed by atoms with van der Waals surface area (Å²) in [4.78, 5) is 11.2. The minimum atomic E-state index is 0.568. The van der Waals surface area contributed by atoms with E-state index in [0.29, 0.717) is 6.04 Å². The molecule has 0 bridgehead atoms. The molecule has 0 saturated carbocycles. The van der Waals surface area contributed by atoms with Gasteiger partial charge in [-0.3, -0.25) is 0 Å². The molecule has 3 heterocycles. The van der Waals surface area contributed by atoms with Crippen LogP contribution in [0.25, 0.3) is 10.2 Å². The van der Waals surface area contributed by atoms with E-state index in [-0.39, 0.29) is 0 Å². The Bertz CT molecular complexity index is 572. The molecule has 0 aromatic carbocycles. The highest BCUT2D eigenvalue weighted by Crippen LogP contribution is 2.32. The number of thiophene rings is 1. The quantitative estimate of drug-likeness (QED) is 0.905. The lowest BCUT2D eigenvalue weighted by molar-refractivity contribution is 0.414. The zero-order chi connectivity index (χ0) is 13.2. The predicted molar refractivity (Wildman–Crippen MR) is 81.0 cm³/mol. The highest BCUT2D eigenvalue weighted by Gasteiger charge is 2.15. The first-order valence-electron chi connectivity index (χ1n) is 6.93. The Labute approximate surface area is 117 Å². The smallest absolute Gasteiger partial charge is 0.138 e. The molecule has 19 heavy (non-hydrogen) atoms. The number of hydrogen-bond donors (Lipinski definition) is 2. The van der Waals surface area contributed by atoms with Gasteiger partial charge in [-0.25, -0.2) is 9.97 Å². The van der Waals surface area contributed by atoms with E-state index in [2.05, 4.69) is 34.4 Å². The fourth-order valence-electron chi connectivity index (χ4n) is 2.63. The first kappa shape index (κ1) is 12.8. The van der Waals surface area contributed by atoms with Crippen molar-refractivity contribution in [1.29, 1.82) is 0 Å². The number of rotatable bonds is 3. The molecule has 2 N–H and O–H groups in total. The van der Waals surface area contributed by atoms with Crippen LogP contribution in [-0.2, 0) is 0 Å². The van der Waals surface area contributed by atoms with E-state index in [1.165, 1.54) is 35.1 Å². The SMILES string of the molecule is Cc1sc2ncnc(NCC3CCCCN3)c2c1C. The summed E-state index contributed by atoms with van der Waals surface area (Å²) in [5, 5.41) is 8.25. The molecule has 2 aromatic rings. The summed E-state index contributed by atoms with van der Waals surface area (Å²) in [5.74, 6) is 0.985. The van der Waals surface area contributed by atoms with Gasteiger partial charge in [-0.05, 0) is 38.8 Å². The van der Waals surface area contributed by atoms with Crippen LogP contribution in [0.2, 0.25) is 0 Å². The van der Waals surface area contributed by atoms with Crippen molar-refractivity contribution in [3.63, 3.8) is 0 Å². The molecule has 0 amide bonds. The number of anilines is 1. The monoisotopic (exact) mass is 276 g/mol. The fourth-order valence-corrected chi connectivity index (χ4v) is 3.63. The van der Waals surface area contributed by atoms with Crippen LogP contribution in [0.1, 0.15) is 29.7 Å². The minimum Gasteiger partial charge on any atom is -0.368 e. The molecule has 0 radical (unpaired) electrons. The molecule has 1 fully saturated rings. The number of fused-ring (bicyclic) bond motifs is 1. The Hall–Kier alpha value is -1.20. The molecule has 2 aromatic heterocycles. The summed E-state index contributed by atoms with van der Waals surface area (Å²) in [6.45, 7) is 6.39. The maximum atomic E-state index is 4.42. The molecule has 1 aliphatic rings. The Kier molecular flexibility index (Phi) is 3.66. The lowest BCUT2D eigenvalue weighted by Crippen LogP contribution is -2.39. The standard InChI is InChI=1S/C14H20N4S/c1-9-10(2)19-14-12(9)13(17-8-18-14)16-7-11-5-3-4-6-15-11/h8,11,15H,3-7H2,1-2H3,(H,16,17,18). The highest BCUT2D eigenvalue weighted by atomic mass is 32.1. The summed E-state index contributed by atoms with van der Waals surface area (Å²) in [7, 11) is 0. The second-order valence-corrected chi connectivity index (χ2v) is 6.42. The van der Waals surface area contributed by atoms with Crippen LogP contribution in [0, 0.1) is 13.8 Å². The number of aromatic nitrogens is 2. The van der Waals surface area contributed by atoms with Gasteiger partial charge < -0.3 is 10.6 Å². The molecule has 0 spiro atoms. The lowest BCUT2D eigenvalue weighted by Gasteiger charge is -2.23. The number of piperidine rings is 1. The van der Waals surface area contributed by atoms with Crippen molar-refractivity contribution in [1.82, 2.24) is 15.3 Å². The van der Waals surface area contributed by atoms with Gasteiger partial charge in [0, 0.05) is 17.5 Å². The first-order chi connectivity index (χ1) is 9.25. The Morgan fingerprint density at radius 3 is 3.05 bits per heavy atom. The number of aryl methyl sites for hydroxylation is 2. The van der Waals surface area contributed by atoms with Crippen molar-refractivity contribution in [2.24, 2.45) is 0 Å². The number of nitrogens with one attached hydrogen (secondary N) is 2. The third-order valence-corrected chi connectivity index (χ3v) is 5.01. The summed E-state index contributed by atoms with van der Waals surface area (Å²) in [5.41, 5.74) is 1.31. The molecular formula is C14H20N4S. The van der Waals surface area contributed by atoms with Gasteiger partial charge in [-0.15, -0.1) is 11.3 Å². The lowest BCUT2D eigenvalue weighted by atomic mass is 10.1. The van der Waals surface area contributed by atoms with Gasteiger partial charge in [0.25, 0.3) is 0 Å². The summed E-state index contributed by atoms with van der Waals surface area (Å²) in [6.07, 6.45) is 5.55. The van der Waals surface area contributed by atoms with Crippen LogP contribution in [0.5, 0.6) is 0 Å². The third kappa shape index (κ3) is 2.58. The molecule has 1 aliphatic heterocycles. The van der Waals surface area contributed by atoms with Crippen LogP contribution in [0.3, 0.4) is 0 Å². The van der Waals surface area contributed by atoms with Gasteiger partial charge in [-0.1, -0.05) is 6.42 Å². The molecule has 4 nitrogen and oxygen atoms in total. The van der Waals surface area contributed by atoms with Crippen LogP contribution in [-0.4, -0.2) is 29.1 Å². The molecule has 102 valence electrons. The van der Waals surface area contributed by atoms with E-state index in [1.54, 1.807) is 17.7 Å².